The van der Waals surface area contributed by atoms with Crippen molar-refractivity contribution in [3.05, 3.63) is 0 Å². The van der Waals surface area contributed by atoms with Gasteiger partial charge >= 0.3 is 0 Å². The summed E-state index contributed by atoms with van der Waals surface area (Å²) in [7, 11) is -0.558. The van der Waals surface area contributed by atoms with E-state index < -0.39 is 10.8 Å². The summed E-state index contributed by atoms with van der Waals surface area (Å²) in [5.74, 6) is 0. The van der Waals surface area contributed by atoms with E-state index in [2.05, 4.69) is 13.8 Å². The zero-order valence-corrected chi connectivity index (χ0v) is 8.32. The SMILES string of the molecule is CC(C)S(=O)C1CCCCC1. The molecule has 66 valence electrons. The molecule has 0 spiro atoms. The second-order valence-corrected chi connectivity index (χ2v) is 5.90. The van der Waals surface area contributed by atoms with E-state index in [1.807, 2.05) is 0 Å². The Kier molecular flexibility index (Phi) is 3.57. The summed E-state index contributed by atoms with van der Waals surface area (Å²) in [6.45, 7) is 4.12. The van der Waals surface area contributed by atoms with E-state index in [4.69, 9.17) is 0 Å². The first-order chi connectivity index (χ1) is 5.22. The summed E-state index contributed by atoms with van der Waals surface area (Å²) >= 11 is 0. The maximum Gasteiger partial charge on any atom is 0.0350 e. The quantitative estimate of drug-likeness (QED) is 0.628. The minimum Gasteiger partial charge on any atom is -0.259 e. The van der Waals surface area contributed by atoms with Gasteiger partial charge in [0.25, 0.3) is 0 Å². The van der Waals surface area contributed by atoms with Crippen LogP contribution in [0, 0.1) is 0 Å². The molecule has 0 radical (unpaired) electrons. The van der Waals surface area contributed by atoms with Gasteiger partial charge in [0.2, 0.25) is 0 Å². The third-order valence-electron chi connectivity index (χ3n) is 2.35. The second-order valence-electron chi connectivity index (χ2n) is 3.64. The Bertz CT molecular complexity index is 136. The van der Waals surface area contributed by atoms with Crippen molar-refractivity contribution in [1.29, 1.82) is 0 Å². The minimum atomic E-state index is -0.558. The first-order valence-corrected chi connectivity index (χ1v) is 5.89. The smallest absolute Gasteiger partial charge is 0.0350 e. The molecule has 1 saturated carbocycles. The molecule has 0 aromatic rings. The summed E-state index contributed by atoms with van der Waals surface area (Å²) in [6.07, 6.45) is 6.34. The van der Waals surface area contributed by atoms with Crippen LogP contribution in [0.25, 0.3) is 0 Å². The Labute approximate surface area is 72.0 Å². The molecule has 1 nitrogen and oxygen atoms in total. The van der Waals surface area contributed by atoms with E-state index in [0.29, 0.717) is 10.5 Å². The molecule has 1 unspecified atom stereocenters. The molecular formula is C9H18OS. The van der Waals surface area contributed by atoms with Gasteiger partial charge in [-0.2, -0.15) is 0 Å². The van der Waals surface area contributed by atoms with Crippen LogP contribution in [0.4, 0.5) is 0 Å². The van der Waals surface area contributed by atoms with E-state index in [-0.39, 0.29) is 0 Å². The maximum absolute atomic E-state index is 11.6. The number of rotatable bonds is 2. The van der Waals surface area contributed by atoms with Crippen molar-refractivity contribution in [3.8, 4) is 0 Å². The predicted molar refractivity (Wildman–Crippen MR) is 50.2 cm³/mol. The lowest BCUT2D eigenvalue weighted by molar-refractivity contribution is 0.503. The van der Waals surface area contributed by atoms with E-state index in [1.54, 1.807) is 0 Å². The second kappa shape index (κ2) is 4.24. The van der Waals surface area contributed by atoms with Gasteiger partial charge in [0.1, 0.15) is 0 Å². The fourth-order valence-electron chi connectivity index (χ4n) is 1.68. The van der Waals surface area contributed by atoms with E-state index in [1.165, 1.54) is 32.1 Å². The molecule has 0 aliphatic heterocycles. The monoisotopic (exact) mass is 174 g/mol. The third-order valence-corrected chi connectivity index (χ3v) is 4.40. The fourth-order valence-corrected chi connectivity index (χ4v) is 3.25. The number of hydrogen-bond acceptors (Lipinski definition) is 1. The Hall–Kier alpha value is 0.150. The van der Waals surface area contributed by atoms with Gasteiger partial charge < -0.3 is 0 Å². The Morgan fingerprint density at radius 2 is 1.73 bits per heavy atom. The first kappa shape index (κ1) is 9.24. The van der Waals surface area contributed by atoms with Crippen LogP contribution in [-0.2, 0) is 10.8 Å². The zero-order valence-electron chi connectivity index (χ0n) is 7.51. The molecule has 1 fully saturated rings. The minimum absolute atomic E-state index is 0.359. The molecule has 1 rings (SSSR count). The van der Waals surface area contributed by atoms with E-state index in [9.17, 15) is 4.21 Å². The van der Waals surface area contributed by atoms with E-state index in [0.717, 1.165) is 0 Å². The van der Waals surface area contributed by atoms with Crippen LogP contribution in [0.1, 0.15) is 46.0 Å². The van der Waals surface area contributed by atoms with Crippen molar-refractivity contribution < 1.29 is 4.21 Å². The Morgan fingerprint density at radius 1 is 1.18 bits per heavy atom. The molecule has 1 atom stereocenters. The van der Waals surface area contributed by atoms with Gasteiger partial charge in [-0.15, -0.1) is 0 Å². The lowest BCUT2D eigenvalue weighted by atomic mass is 10.0. The van der Waals surface area contributed by atoms with Crippen LogP contribution in [0.15, 0.2) is 0 Å². The van der Waals surface area contributed by atoms with Crippen molar-refractivity contribution in [2.75, 3.05) is 0 Å². The summed E-state index contributed by atoms with van der Waals surface area (Å²) < 4.78 is 11.6. The molecule has 1 aliphatic rings. The highest BCUT2D eigenvalue weighted by atomic mass is 32.2. The normalized spacial score (nSPS) is 23.9. The zero-order chi connectivity index (χ0) is 8.27. The van der Waals surface area contributed by atoms with Crippen LogP contribution < -0.4 is 0 Å². The highest BCUT2D eigenvalue weighted by Crippen LogP contribution is 2.23. The van der Waals surface area contributed by atoms with Crippen LogP contribution in [-0.4, -0.2) is 14.7 Å². The fraction of sp³-hybridized carbons (Fsp3) is 1.00. The van der Waals surface area contributed by atoms with Crippen molar-refractivity contribution in [2.45, 2.75) is 56.5 Å². The van der Waals surface area contributed by atoms with Gasteiger partial charge in [0.15, 0.2) is 0 Å². The maximum atomic E-state index is 11.6. The molecule has 1 aliphatic carbocycles. The Morgan fingerprint density at radius 3 is 2.18 bits per heavy atom. The van der Waals surface area contributed by atoms with Crippen molar-refractivity contribution in [3.63, 3.8) is 0 Å². The molecule has 0 saturated heterocycles. The first-order valence-electron chi connectivity index (χ1n) is 4.61. The average Bonchev–Trinajstić information content (AvgIpc) is 2.05. The van der Waals surface area contributed by atoms with Gasteiger partial charge in [-0.1, -0.05) is 33.1 Å². The average molecular weight is 174 g/mol. The molecule has 0 heterocycles. The number of hydrogen-bond donors (Lipinski definition) is 0. The highest BCUT2D eigenvalue weighted by molar-refractivity contribution is 7.86. The van der Waals surface area contributed by atoms with Gasteiger partial charge in [-0.05, 0) is 12.8 Å². The molecule has 0 amide bonds. The van der Waals surface area contributed by atoms with Crippen LogP contribution in [0.3, 0.4) is 0 Å². The predicted octanol–water partition coefficient (Wildman–Crippen LogP) is 2.48. The van der Waals surface area contributed by atoms with Crippen LogP contribution in [0.2, 0.25) is 0 Å². The summed E-state index contributed by atoms with van der Waals surface area (Å²) in [5, 5.41) is 0.877. The topological polar surface area (TPSA) is 17.1 Å². The van der Waals surface area contributed by atoms with Gasteiger partial charge in [0.05, 0.1) is 0 Å². The largest absolute Gasteiger partial charge is 0.259 e. The standard InChI is InChI=1S/C9H18OS/c1-8(2)11(10)9-6-4-3-5-7-9/h8-9H,3-7H2,1-2H3. The van der Waals surface area contributed by atoms with Crippen LogP contribution in [0.5, 0.6) is 0 Å². The third kappa shape index (κ3) is 2.58. The summed E-state index contributed by atoms with van der Waals surface area (Å²) in [6, 6.07) is 0. The van der Waals surface area contributed by atoms with Crippen molar-refractivity contribution in [1.82, 2.24) is 0 Å². The summed E-state index contributed by atoms with van der Waals surface area (Å²) in [5.41, 5.74) is 0. The summed E-state index contributed by atoms with van der Waals surface area (Å²) in [4.78, 5) is 0. The molecule has 0 N–H and O–H groups in total. The highest BCUT2D eigenvalue weighted by Gasteiger charge is 2.21. The molecule has 11 heavy (non-hydrogen) atoms. The molecule has 0 aromatic carbocycles. The van der Waals surface area contributed by atoms with E-state index >= 15 is 0 Å². The lowest BCUT2D eigenvalue weighted by Crippen LogP contribution is -2.24. The lowest BCUT2D eigenvalue weighted by Gasteiger charge is -2.22. The molecule has 0 bridgehead atoms. The molecular weight excluding hydrogens is 156 g/mol. The van der Waals surface area contributed by atoms with Crippen molar-refractivity contribution >= 4 is 10.8 Å². The molecule has 2 heteroatoms. The van der Waals surface area contributed by atoms with Gasteiger partial charge in [-0.25, -0.2) is 0 Å². The van der Waals surface area contributed by atoms with Crippen molar-refractivity contribution in [2.24, 2.45) is 0 Å². The van der Waals surface area contributed by atoms with Gasteiger partial charge in [-0.3, -0.25) is 4.21 Å². The van der Waals surface area contributed by atoms with Crippen LogP contribution >= 0.6 is 0 Å². The molecule has 0 aromatic heterocycles. The van der Waals surface area contributed by atoms with Gasteiger partial charge in [0, 0.05) is 21.3 Å². The Balaban J connectivity index is 2.39.